The van der Waals surface area contributed by atoms with E-state index in [2.05, 4.69) is 6.58 Å². The van der Waals surface area contributed by atoms with Crippen molar-refractivity contribution in [2.45, 2.75) is 25.4 Å². The normalized spacial score (nSPS) is 41.8. The largest absolute Gasteiger partial charge is 0.495 e. The van der Waals surface area contributed by atoms with Crippen LogP contribution in [-0.2, 0) is 9.53 Å². The summed E-state index contributed by atoms with van der Waals surface area (Å²) in [5.41, 5.74) is 0. The summed E-state index contributed by atoms with van der Waals surface area (Å²) < 4.78 is 5.46. The molecule has 0 N–H and O–H groups in total. The molecular weight excluding hydrogens is 140 g/mol. The molecule has 3 atom stereocenters. The summed E-state index contributed by atoms with van der Waals surface area (Å²) in [6.45, 7) is 3.77. The van der Waals surface area contributed by atoms with Crippen molar-refractivity contribution < 1.29 is 9.53 Å². The number of carbonyl (C=O) groups is 1. The molecule has 1 aliphatic carbocycles. The zero-order valence-corrected chi connectivity index (χ0v) is 6.45. The van der Waals surface area contributed by atoms with Crippen LogP contribution in [0.15, 0.2) is 12.3 Å². The van der Waals surface area contributed by atoms with Gasteiger partial charge in [-0.2, -0.15) is 0 Å². The fraction of sp³-hybridized carbons (Fsp3) is 0.667. The van der Waals surface area contributed by atoms with E-state index in [-0.39, 0.29) is 5.92 Å². The van der Waals surface area contributed by atoms with Gasteiger partial charge in [0.15, 0.2) is 0 Å². The Bertz CT molecular complexity index is 198. The monoisotopic (exact) mass is 152 g/mol. The lowest BCUT2D eigenvalue weighted by Crippen LogP contribution is -2.14. The van der Waals surface area contributed by atoms with Crippen LogP contribution in [0.2, 0.25) is 0 Å². The van der Waals surface area contributed by atoms with Gasteiger partial charge in [-0.15, -0.1) is 0 Å². The van der Waals surface area contributed by atoms with Crippen LogP contribution in [0.3, 0.4) is 0 Å². The first-order valence-corrected chi connectivity index (χ1v) is 4.11. The third-order valence-corrected chi connectivity index (χ3v) is 2.77. The molecule has 1 aliphatic heterocycles. The molecule has 1 saturated heterocycles. The van der Waals surface area contributed by atoms with Gasteiger partial charge in [-0.25, -0.2) is 0 Å². The van der Waals surface area contributed by atoms with Crippen LogP contribution in [0.25, 0.3) is 0 Å². The second kappa shape index (κ2) is 2.36. The van der Waals surface area contributed by atoms with E-state index in [9.17, 15) is 4.79 Å². The molecule has 2 fully saturated rings. The maximum Gasteiger partial charge on any atom is 0.123 e. The predicted octanol–water partition coefficient (Wildman–Crippen LogP) is 1.51. The van der Waals surface area contributed by atoms with Gasteiger partial charge in [0, 0.05) is 18.3 Å². The highest BCUT2D eigenvalue weighted by molar-refractivity contribution is 5.55. The van der Waals surface area contributed by atoms with Crippen LogP contribution in [0.4, 0.5) is 0 Å². The maximum atomic E-state index is 10.6. The second-order valence-electron chi connectivity index (χ2n) is 3.44. The van der Waals surface area contributed by atoms with Crippen molar-refractivity contribution in [3.8, 4) is 0 Å². The van der Waals surface area contributed by atoms with E-state index in [0.717, 1.165) is 31.3 Å². The number of ether oxygens (including phenoxy) is 1. The Labute approximate surface area is 66.2 Å². The van der Waals surface area contributed by atoms with Crippen LogP contribution >= 0.6 is 0 Å². The average Bonchev–Trinajstić information content (AvgIpc) is 2.45. The number of rotatable bonds is 1. The summed E-state index contributed by atoms with van der Waals surface area (Å²) in [6.07, 6.45) is 4.32. The molecule has 0 amide bonds. The molecule has 1 saturated carbocycles. The Morgan fingerprint density at radius 1 is 1.55 bits per heavy atom. The molecule has 0 aromatic rings. The summed E-state index contributed by atoms with van der Waals surface area (Å²) >= 11 is 0. The Morgan fingerprint density at radius 3 is 3.09 bits per heavy atom. The summed E-state index contributed by atoms with van der Waals surface area (Å²) in [4.78, 5) is 10.6. The quantitative estimate of drug-likeness (QED) is 0.532. The fourth-order valence-corrected chi connectivity index (χ4v) is 2.18. The lowest BCUT2D eigenvalue weighted by atomic mass is 9.94. The number of carbonyl (C=O) groups excluding carboxylic acids is 1. The third-order valence-electron chi connectivity index (χ3n) is 2.77. The van der Waals surface area contributed by atoms with E-state index in [1.807, 2.05) is 0 Å². The van der Waals surface area contributed by atoms with Crippen molar-refractivity contribution in [1.29, 1.82) is 0 Å². The van der Waals surface area contributed by atoms with E-state index in [1.54, 1.807) is 0 Å². The summed E-state index contributed by atoms with van der Waals surface area (Å²) in [5.74, 6) is 1.55. The van der Waals surface area contributed by atoms with Gasteiger partial charge in [0.05, 0.1) is 5.76 Å². The molecule has 2 rings (SSSR count). The second-order valence-corrected chi connectivity index (χ2v) is 3.44. The van der Waals surface area contributed by atoms with Gasteiger partial charge >= 0.3 is 0 Å². The summed E-state index contributed by atoms with van der Waals surface area (Å²) in [7, 11) is 0. The molecule has 2 aliphatic rings. The van der Waals surface area contributed by atoms with E-state index >= 15 is 0 Å². The SMILES string of the molecule is C=C1CC2[C@H](CC[C@@H]2C=O)O1. The van der Waals surface area contributed by atoms with Crippen LogP contribution in [0.5, 0.6) is 0 Å². The minimum Gasteiger partial charge on any atom is -0.495 e. The molecule has 2 heteroatoms. The van der Waals surface area contributed by atoms with Gasteiger partial charge < -0.3 is 9.53 Å². The van der Waals surface area contributed by atoms with Gasteiger partial charge in [-0.3, -0.25) is 0 Å². The number of fused-ring (bicyclic) bond motifs is 1. The van der Waals surface area contributed by atoms with Crippen molar-refractivity contribution in [2.24, 2.45) is 11.8 Å². The van der Waals surface area contributed by atoms with Crippen molar-refractivity contribution in [3.63, 3.8) is 0 Å². The van der Waals surface area contributed by atoms with Crippen molar-refractivity contribution >= 4 is 6.29 Å². The number of hydrogen-bond acceptors (Lipinski definition) is 2. The zero-order chi connectivity index (χ0) is 7.84. The van der Waals surface area contributed by atoms with Crippen molar-refractivity contribution in [3.05, 3.63) is 12.3 Å². The topological polar surface area (TPSA) is 26.3 Å². The van der Waals surface area contributed by atoms with E-state index in [4.69, 9.17) is 4.74 Å². The molecule has 0 aromatic heterocycles. The molecule has 60 valence electrons. The van der Waals surface area contributed by atoms with Crippen molar-refractivity contribution in [2.75, 3.05) is 0 Å². The van der Waals surface area contributed by atoms with Crippen molar-refractivity contribution in [1.82, 2.24) is 0 Å². The van der Waals surface area contributed by atoms with Gasteiger partial charge in [-0.1, -0.05) is 6.58 Å². The highest BCUT2D eigenvalue weighted by Crippen LogP contribution is 2.42. The third kappa shape index (κ3) is 0.971. The van der Waals surface area contributed by atoms with Gasteiger partial charge in [-0.05, 0) is 12.8 Å². The maximum absolute atomic E-state index is 10.6. The Hall–Kier alpha value is -0.790. The van der Waals surface area contributed by atoms with E-state index in [1.165, 1.54) is 0 Å². The van der Waals surface area contributed by atoms with Crippen LogP contribution in [0.1, 0.15) is 19.3 Å². The molecule has 0 radical (unpaired) electrons. The van der Waals surface area contributed by atoms with Crippen LogP contribution in [0, 0.1) is 11.8 Å². The Balaban J connectivity index is 2.12. The smallest absolute Gasteiger partial charge is 0.123 e. The number of aldehydes is 1. The molecule has 11 heavy (non-hydrogen) atoms. The Kier molecular flexibility index (Phi) is 1.48. The average molecular weight is 152 g/mol. The molecule has 0 aromatic carbocycles. The summed E-state index contributed by atoms with van der Waals surface area (Å²) in [5, 5.41) is 0. The molecule has 2 nitrogen and oxygen atoms in total. The van der Waals surface area contributed by atoms with E-state index in [0.29, 0.717) is 12.0 Å². The summed E-state index contributed by atoms with van der Waals surface area (Å²) in [6, 6.07) is 0. The lowest BCUT2D eigenvalue weighted by molar-refractivity contribution is -0.112. The molecular formula is C9H12O2. The zero-order valence-electron chi connectivity index (χ0n) is 6.45. The highest BCUT2D eigenvalue weighted by Gasteiger charge is 2.42. The molecule has 0 bridgehead atoms. The van der Waals surface area contributed by atoms with Gasteiger partial charge in [0.1, 0.15) is 12.4 Å². The number of hydrogen-bond donors (Lipinski definition) is 0. The predicted molar refractivity (Wildman–Crippen MR) is 40.9 cm³/mol. The number of allylic oxidation sites excluding steroid dienone is 1. The fourth-order valence-electron chi connectivity index (χ4n) is 2.18. The highest BCUT2D eigenvalue weighted by atomic mass is 16.5. The Morgan fingerprint density at radius 2 is 2.36 bits per heavy atom. The molecule has 0 spiro atoms. The first-order chi connectivity index (χ1) is 5.31. The van der Waals surface area contributed by atoms with E-state index < -0.39 is 0 Å². The van der Waals surface area contributed by atoms with Crippen LogP contribution in [-0.4, -0.2) is 12.4 Å². The minimum absolute atomic E-state index is 0.235. The molecule has 1 heterocycles. The van der Waals surface area contributed by atoms with Gasteiger partial charge in [0.2, 0.25) is 0 Å². The standard InChI is InChI=1S/C9H12O2/c1-6-4-8-7(5-10)2-3-9(8)11-6/h5,7-9H,1-4H2/t7-,8?,9+/m1/s1. The first-order valence-electron chi connectivity index (χ1n) is 4.11. The van der Waals surface area contributed by atoms with Gasteiger partial charge in [0.25, 0.3) is 0 Å². The molecule has 1 unspecified atom stereocenters. The van der Waals surface area contributed by atoms with Crippen LogP contribution < -0.4 is 0 Å². The first kappa shape index (κ1) is 6.89. The minimum atomic E-state index is 0.235. The lowest BCUT2D eigenvalue weighted by Gasteiger charge is -2.08.